The van der Waals surface area contributed by atoms with Crippen LogP contribution in [-0.2, 0) is 19.1 Å². The average Bonchev–Trinajstić information content (AvgIpc) is 2.73. The van der Waals surface area contributed by atoms with Crippen molar-refractivity contribution in [2.45, 2.75) is 64.2 Å². The summed E-state index contributed by atoms with van der Waals surface area (Å²) < 4.78 is 10.8. The number of hydrogen-bond acceptors (Lipinski definition) is 4. The van der Waals surface area contributed by atoms with Crippen LogP contribution in [0, 0.1) is 0 Å². The van der Waals surface area contributed by atoms with Gasteiger partial charge in [0.25, 0.3) is 0 Å². The van der Waals surface area contributed by atoms with Crippen molar-refractivity contribution in [1.29, 1.82) is 0 Å². The van der Waals surface area contributed by atoms with Crippen LogP contribution in [0.4, 0.5) is 0 Å². The molecule has 0 bridgehead atoms. The van der Waals surface area contributed by atoms with Crippen LogP contribution in [0.15, 0.2) is 0 Å². The fourth-order valence-electron chi connectivity index (χ4n) is 2.47. The second kappa shape index (κ2) is 6.89. The molecule has 2 heterocycles. The maximum Gasteiger partial charge on any atom is 0.305 e. The molecule has 0 N–H and O–H groups in total. The van der Waals surface area contributed by atoms with Gasteiger partial charge in [0, 0.05) is 6.42 Å². The van der Waals surface area contributed by atoms with Crippen LogP contribution in [0.2, 0.25) is 0 Å². The number of esters is 1. The van der Waals surface area contributed by atoms with Crippen molar-refractivity contribution in [2.24, 2.45) is 0 Å². The first kappa shape index (κ1) is 14.3. The molecule has 2 saturated heterocycles. The number of carbonyl (C=O) groups is 2. The van der Waals surface area contributed by atoms with Gasteiger partial charge >= 0.3 is 5.97 Å². The molecule has 5 heteroatoms. The molecule has 0 aromatic rings. The standard InChI is InChI=1S/C14H23NO4/c1-2-3-4-5-6-7-14(17)18-10-11-9-15-12(16)8-13(15)19-11/h11,13H,2-10H2,1H3. The Balaban J connectivity index is 1.51. The maximum absolute atomic E-state index is 11.5. The lowest BCUT2D eigenvalue weighted by Gasteiger charge is -2.31. The van der Waals surface area contributed by atoms with Crippen molar-refractivity contribution >= 4 is 11.9 Å². The summed E-state index contributed by atoms with van der Waals surface area (Å²) in [6.45, 7) is 3.01. The maximum atomic E-state index is 11.5. The number of carbonyl (C=O) groups excluding carboxylic acids is 2. The van der Waals surface area contributed by atoms with Crippen molar-refractivity contribution in [3.8, 4) is 0 Å². The first-order chi connectivity index (χ1) is 9.20. The van der Waals surface area contributed by atoms with E-state index in [9.17, 15) is 9.59 Å². The second-order valence-electron chi connectivity index (χ2n) is 5.31. The number of unbranched alkanes of at least 4 members (excludes halogenated alkanes) is 4. The van der Waals surface area contributed by atoms with E-state index >= 15 is 0 Å². The first-order valence-corrected chi connectivity index (χ1v) is 7.31. The molecule has 0 aromatic heterocycles. The van der Waals surface area contributed by atoms with Crippen molar-refractivity contribution < 1.29 is 19.1 Å². The Morgan fingerprint density at radius 1 is 1.37 bits per heavy atom. The molecule has 1 amide bonds. The fraction of sp³-hybridized carbons (Fsp3) is 0.857. The van der Waals surface area contributed by atoms with Gasteiger partial charge in [0.1, 0.15) is 18.9 Å². The highest BCUT2D eigenvalue weighted by Crippen LogP contribution is 2.28. The zero-order valence-electron chi connectivity index (χ0n) is 11.6. The number of nitrogens with zero attached hydrogens (tertiary/aromatic N) is 1. The van der Waals surface area contributed by atoms with Gasteiger partial charge in [-0.2, -0.15) is 0 Å². The van der Waals surface area contributed by atoms with Gasteiger partial charge in [-0.1, -0.05) is 32.6 Å². The van der Waals surface area contributed by atoms with Crippen LogP contribution in [-0.4, -0.2) is 42.3 Å². The third-order valence-corrected chi connectivity index (χ3v) is 3.68. The third kappa shape index (κ3) is 3.93. The van der Waals surface area contributed by atoms with E-state index in [0.29, 0.717) is 19.4 Å². The van der Waals surface area contributed by atoms with E-state index in [1.807, 2.05) is 0 Å². The minimum atomic E-state index is -0.152. The van der Waals surface area contributed by atoms with Gasteiger partial charge in [-0.05, 0) is 6.42 Å². The molecule has 0 aromatic carbocycles. The number of β-lactam (4-membered cyclic amide) rings is 1. The smallest absolute Gasteiger partial charge is 0.305 e. The Morgan fingerprint density at radius 3 is 2.84 bits per heavy atom. The average molecular weight is 269 g/mol. The van der Waals surface area contributed by atoms with Crippen LogP contribution in [0.1, 0.15) is 51.9 Å². The topological polar surface area (TPSA) is 55.8 Å². The first-order valence-electron chi connectivity index (χ1n) is 7.31. The molecular weight excluding hydrogens is 246 g/mol. The van der Waals surface area contributed by atoms with Crippen LogP contribution >= 0.6 is 0 Å². The zero-order valence-corrected chi connectivity index (χ0v) is 11.6. The molecule has 5 nitrogen and oxygen atoms in total. The molecule has 0 radical (unpaired) electrons. The van der Waals surface area contributed by atoms with E-state index in [1.54, 1.807) is 4.90 Å². The molecule has 2 fully saturated rings. The molecule has 0 aliphatic carbocycles. The molecular formula is C14H23NO4. The summed E-state index contributed by atoms with van der Waals surface area (Å²) in [5.74, 6) is -0.0181. The lowest BCUT2D eigenvalue weighted by Crippen LogP contribution is -2.48. The van der Waals surface area contributed by atoms with E-state index in [1.165, 1.54) is 19.3 Å². The van der Waals surface area contributed by atoms with Gasteiger partial charge in [-0.15, -0.1) is 0 Å². The minimum absolute atomic E-state index is 0.0646. The Morgan fingerprint density at radius 2 is 2.16 bits per heavy atom. The number of rotatable bonds is 8. The number of ether oxygens (including phenoxy) is 2. The summed E-state index contributed by atoms with van der Waals surface area (Å²) in [5, 5.41) is 0. The van der Waals surface area contributed by atoms with Crippen LogP contribution < -0.4 is 0 Å². The quantitative estimate of drug-likeness (QED) is 0.383. The molecule has 2 aliphatic rings. The molecule has 2 aliphatic heterocycles. The summed E-state index contributed by atoms with van der Waals surface area (Å²) in [4.78, 5) is 24.4. The van der Waals surface area contributed by atoms with Crippen molar-refractivity contribution in [1.82, 2.24) is 4.90 Å². The monoisotopic (exact) mass is 269 g/mol. The summed E-state index contributed by atoms with van der Waals surface area (Å²) >= 11 is 0. The van der Waals surface area contributed by atoms with Gasteiger partial charge < -0.3 is 14.4 Å². The summed E-state index contributed by atoms with van der Waals surface area (Å²) in [7, 11) is 0. The highest BCUT2D eigenvalue weighted by Gasteiger charge is 2.45. The summed E-state index contributed by atoms with van der Waals surface area (Å²) in [5.41, 5.74) is 0. The highest BCUT2D eigenvalue weighted by molar-refractivity contribution is 5.83. The van der Waals surface area contributed by atoms with Gasteiger partial charge in [0.05, 0.1) is 13.0 Å². The Hall–Kier alpha value is -1.10. The molecule has 108 valence electrons. The number of fused-ring (bicyclic) bond motifs is 1. The molecule has 2 rings (SSSR count). The van der Waals surface area contributed by atoms with E-state index < -0.39 is 0 Å². The lowest BCUT2D eigenvalue weighted by molar-refractivity contribution is -0.159. The van der Waals surface area contributed by atoms with Crippen molar-refractivity contribution in [3.63, 3.8) is 0 Å². The van der Waals surface area contributed by atoms with Gasteiger partial charge in [-0.3, -0.25) is 9.59 Å². The Bertz CT molecular complexity index is 331. The normalized spacial score (nSPS) is 25.1. The van der Waals surface area contributed by atoms with E-state index in [4.69, 9.17) is 9.47 Å². The van der Waals surface area contributed by atoms with Crippen LogP contribution in [0.3, 0.4) is 0 Å². The van der Waals surface area contributed by atoms with E-state index in [2.05, 4.69) is 6.92 Å². The van der Waals surface area contributed by atoms with Crippen LogP contribution in [0.5, 0.6) is 0 Å². The Labute approximate surface area is 114 Å². The number of amides is 1. The van der Waals surface area contributed by atoms with Gasteiger partial charge in [-0.25, -0.2) is 0 Å². The molecule has 19 heavy (non-hydrogen) atoms. The Kier molecular flexibility index (Phi) is 5.19. The molecule has 2 atom stereocenters. The van der Waals surface area contributed by atoms with E-state index in [0.717, 1.165) is 12.8 Å². The summed E-state index contributed by atoms with van der Waals surface area (Å²) in [6.07, 6.45) is 6.38. The predicted molar refractivity (Wildman–Crippen MR) is 69.3 cm³/mol. The predicted octanol–water partition coefficient (Wildman–Crippen LogP) is 1.85. The SMILES string of the molecule is CCCCCCCC(=O)OCC1CN2C(=O)CC2O1. The fourth-order valence-corrected chi connectivity index (χ4v) is 2.47. The van der Waals surface area contributed by atoms with E-state index in [-0.39, 0.29) is 30.8 Å². The molecule has 0 saturated carbocycles. The molecule has 0 spiro atoms. The highest BCUT2D eigenvalue weighted by atomic mass is 16.6. The largest absolute Gasteiger partial charge is 0.463 e. The second-order valence-corrected chi connectivity index (χ2v) is 5.31. The van der Waals surface area contributed by atoms with Gasteiger partial charge in [0.15, 0.2) is 0 Å². The lowest BCUT2D eigenvalue weighted by atomic mass is 10.1. The third-order valence-electron chi connectivity index (χ3n) is 3.68. The zero-order chi connectivity index (χ0) is 13.7. The van der Waals surface area contributed by atoms with Crippen molar-refractivity contribution in [3.05, 3.63) is 0 Å². The van der Waals surface area contributed by atoms with Gasteiger partial charge in [0.2, 0.25) is 5.91 Å². The minimum Gasteiger partial charge on any atom is -0.463 e. The number of hydrogen-bond donors (Lipinski definition) is 0. The molecule has 2 unspecified atom stereocenters. The summed E-state index contributed by atoms with van der Waals surface area (Å²) in [6, 6.07) is 0. The van der Waals surface area contributed by atoms with Crippen molar-refractivity contribution in [2.75, 3.05) is 13.2 Å². The van der Waals surface area contributed by atoms with Crippen LogP contribution in [0.25, 0.3) is 0 Å².